The molecular formula is C28H24N6O3S. The normalized spacial score (nSPS) is 16.7. The highest BCUT2D eigenvalue weighted by atomic mass is 32.1. The highest BCUT2D eigenvalue weighted by Crippen LogP contribution is 2.46. The van der Waals surface area contributed by atoms with E-state index in [0.29, 0.717) is 39.9 Å². The van der Waals surface area contributed by atoms with E-state index in [2.05, 4.69) is 27.2 Å². The molecular weight excluding hydrogens is 500 g/mol. The number of thiophene rings is 1. The Hall–Kier alpha value is -4.57. The Morgan fingerprint density at radius 1 is 1.13 bits per heavy atom. The SMILES string of the molecule is C=CC(=O)N1CCCC(NC(=O)c2sc3nccc4c3c2NC(=O)N4c2cccc(-c3ccccn3)c2)C1. The predicted molar refractivity (Wildman–Crippen MR) is 148 cm³/mol. The van der Waals surface area contributed by atoms with E-state index >= 15 is 0 Å². The van der Waals surface area contributed by atoms with Crippen molar-refractivity contribution in [2.24, 2.45) is 0 Å². The smallest absolute Gasteiger partial charge is 0.331 e. The minimum Gasteiger partial charge on any atom is -0.347 e. The van der Waals surface area contributed by atoms with Crippen molar-refractivity contribution in [3.8, 4) is 11.3 Å². The fourth-order valence-electron chi connectivity index (χ4n) is 5.01. The van der Waals surface area contributed by atoms with Crippen molar-refractivity contribution in [3.63, 3.8) is 0 Å². The summed E-state index contributed by atoms with van der Waals surface area (Å²) in [5, 5.41) is 6.71. The lowest BCUT2D eigenvalue weighted by Crippen LogP contribution is -2.49. The highest BCUT2D eigenvalue weighted by Gasteiger charge is 2.34. The molecule has 9 nitrogen and oxygen atoms in total. The van der Waals surface area contributed by atoms with E-state index in [-0.39, 0.29) is 23.9 Å². The molecule has 6 rings (SSSR count). The number of amides is 4. The second-order valence-corrected chi connectivity index (χ2v) is 10.1. The molecule has 2 aliphatic heterocycles. The van der Waals surface area contributed by atoms with Crippen LogP contribution in [0.2, 0.25) is 0 Å². The Bertz CT molecular complexity index is 1580. The first-order valence-electron chi connectivity index (χ1n) is 12.3. The number of nitrogens with zero attached hydrogens (tertiary/aromatic N) is 4. The number of nitrogens with one attached hydrogen (secondary N) is 2. The van der Waals surface area contributed by atoms with Crippen LogP contribution in [-0.4, -0.2) is 51.8 Å². The molecule has 38 heavy (non-hydrogen) atoms. The summed E-state index contributed by atoms with van der Waals surface area (Å²) in [6.07, 6.45) is 6.23. The maximum atomic E-state index is 13.5. The van der Waals surface area contributed by atoms with Crippen LogP contribution in [0, 0.1) is 0 Å². The molecule has 1 aromatic carbocycles. The van der Waals surface area contributed by atoms with Crippen molar-refractivity contribution in [3.05, 3.63) is 78.5 Å². The first-order chi connectivity index (χ1) is 18.5. The Balaban J connectivity index is 1.33. The van der Waals surface area contributed by atoms with Crippen LogP contribution in [0.3, 0.4) is 0 Å². The maximum Gasteiger partial charge on any atom is 0.331 e. The summed E-state index contributed by atoms with van der Waals surface area (Å²) < 4.78 is 0. The minimum absolute atomic E-state index is 0.144. The van der Waals surface area contributed by atoms with Crippen molar-refractivity contribution in [2.45, 2.75) is 18.9 Å². The number of piperidine rings is 1. The summed E-state index contributed by atoms with van der Waals surface area (Å²) in [7, 11) is 0. The summed E-state index contributed by atoms with van der Waals surface area (Å²) in [6, 6.07) is 14.5. The van der Waals surface area contributed by atoms with Crippen LogP contribution in [0.1, 0.15) is 22.5 Å². The van der Waals surface area contributed by atoms with Crippen molar-refractivity contribution in [1.29, 1.82) is 0 Å². The Morgan fingerprint density at radius 3 is 2.84 bits per heavy atom. The average Bonchev–Trinajstić information content (AvgIpc) is 3.33. The zero-order valence-corrected chi connectivity index (χ0v) is 21.2. The summed E-state index contributed by atoms with van der Waals surface area (Å²) >= 11 is 1.24. The van der Waals surface area contributed by atoms with Crippen LogP contribution in [0.4, 0.5) is 21.9 Å². The molecule has 1 fully saturated rings. The van der Waals surface area contributed by atoms with Gasteiger partial charge >= 0.3 is 6.03 Å². The first-order valence-corrected chi connectivity index (χ1v) is 13.1. The van der Waals surface area contributed by atoms with Crippen LogP contribution >= 0.6 is 11.3 Å². The second-order valence-electron chi connectivity index (χ2n) is 9.15. The number of hydrogen-bond acceptors (Lipinski definition) is 6. The van der Waals surface area contributed by atoms with Gasteiger partial charge in [-0.25, -0.2) is 9.78 Å². The molecule has 2 aliphatic rings. The van der Waals surface area contributed by atoms with Crippen LogP contribution in [0.25, 0.3) is 21.5 Å². The summed E-state index contributed by atoms with van der Waals surface area (Å²) in [5.41, 5.74) is 3.48. The first kappa shape index (κ1) is 23.8. The molecule has 1 unspecified atom stereocenters. The number of benzene rings is 1. The second kappa shape index (κ2) is 9.71. The molecule has 4 aromatic rings. The molecule has 5 heterocycles. The molecule has 0 aliphatic carbocycles. The molecule has 3 aromatic heterocycles. The predicted octanol–water partition coefficient (Wildman–Crippen LogP) is 4.95. The third-order valence-corrected chi connectivity index (χ3v) is 7.86. The average molecular weight is 525 g/mol. The van der Waals surface area contributed by atoms with Gasteiger partial charge in [0.2, 0.25) is 5.91 Å². The van der Waals surface area contributed by atoms with Gasteiger partial charge in [-0.15, -0.1) is 11.3 Å². The standard InChI is InChI=1S/C28H24N6O3S/c1-2-22(35)33-14-6-8-18(16-33)31-26(36)25-24-23-21(11-13-30-27(23)38-25)34(28(37)32-24)19-9-5-7-17(15-19)20-10-3-4-12-29-20/h2-5,7,9-13,15,18H,1,6,8,14,16H2,(H,31,36)(H,32,37). The number of aromatic nitrogens is 2. The van der Waals surface area contributed by atoms with Crippen molar-refractivity contribution >= 4 is 56.5 Å². The number of carbonyl (C=O) groups is 3. The minimum atomic E-state index is -0.365. The molecule has 0 saturated carbocycles. The van der Waals surface area contributed by atoms with Gasteiger partial charge in [0.15, 0.2) is 0 Å². The number of anilines is 3. The zero-order valence-electron chi connectivity index (χ0n) is 20.4. The van der Waals surface area contributed by atoms with Crippen LogP contribution < -0.4 is 15.5 Å². The van der Waals surface area contributed by atoms with Gasteiger partial charge in [-0.05, 0) is 49.2 Å². The lowest BCUT2D eigenvalue weighted by Gasteiger charge is -2.32. The molecule has 0 spiro atoms. The van der Waals surface area contributed by atoms with Gasteiger partial charge in [0.25, 0.3) is 5.91 Å². The van der Waals surface area contributed by atoms with Crippen molar-refractivity contribution in [2.75, 3.05) is 23.3 Å². The molecule has 10 heteroatoms. The number of likely N-dealkylation sites (tertiary alicyclic amines) is 1. The van der Waals surface area contributed by atoms with Crippen molar-refractivity contribution < 1.29 is 14.4 Å². The maximum absolute atomic E-state index is 13.5. The number of rotatable bonds is 5. The zero-order chi connectivity index (χ0) is 26.2. The largest absolute Gasteiger partial charge is 0.347 e. The van der Waals surface area contributed by atoms with Crippen LogP contribution in [-0.2, 0) is 4.79 Å². The molecule has 0 bridgehead atoms. The Morgan fingerprint density at radius 2 is 2.03 bits per heavy atom. The van der Waals surface area contributed by atoms with Crippen molar-refractivity contribution in [1.82, 2.24) is 20.2 Å². The topological polar surface area (TPSA) is 108 Å². The Kier molecular flexibility index (Phi) is 6.09. The lowest BCUT2D eigenvalue weighted by molar-refractivity contribution is -0.127. The quantitative estimate of drug-likeness (QED) is 0.359. The van der Waals surface area contributed by atoms with Gasteiger partial charge in [-0.2, -0.15) is 0 Å². The molecule has 190 valence electrons. The van der Waals surface area contributed by atoms with Crippen LogP contribution in [0.15, 0.2) is 73.6 Å². The van der Waals surface area contributed by atoms with Gasteiger partial charge in [0, 0.05) is 37.1 Å². The molecule has 2 N–H and O–H groups in total. The van der Waals surface area contributed by atoms with Gasteiger partial charge in [0.05, 0.1) is 28.1 Å². The van der Waals surface area contributed by atoms with E-state index in [1.165, 1.54) is 17.4 Å². The monoisotopic (exact) mass is 524 g/mol. The molecule has 1 saturated heterocycles. The molecule has 0 radical (unpaired) electrons. The van der Waals surface area contributed by atoms with Gasteiger partial charge < -0.3 is 15.5 Å². The van der Waals surface area contributed by atoms with Crippen LogP contribution in [0.5, 0.6) is 0 Å². The van der Waals surface area contributed by atoms with E-state index in [1.807, 2.05) is 42.5 Å². The van der Waals surface area contributed by atoms with E-state index in [0.717, 1.165) is 29.5 Å². The van der Waals surface area contributed by atoms with E-state index < -0.39 is 0 Å². The molecule has 1 atom stereocenters. The third-order valence-electron chi connectivity index (χ3n) is 6.76. The number of hydrogen-bond donors (Lipinski definition) is 2. The van der Waals surface area contributed by atoms with Gasteiger partial charge in [-0.3, -0.25) is 19.5 Å². The van der Waals surface area contributed by atoms with Gasteiger partial charge in [-0.1, -0.05) is 24.8 Å². The van der Waals surface area contributed by atoms with E-state index in [9.17, 15) is 14.4 Å². The van der Waals surface area contributed by atoms with Gasteiger partial charge in [0.1, 0.15) is 9.71 Å². The third kappa shape index (κ3) is 4.18. The summed E-state index contributed by atoms with van der Waals surface area (Å²) in [4.78, 5) is 52.1. The fourth-order valence-corrected chi connectivity index (χ4v) is 6.04. The number of urea groups is 1. The lowest BCUT2D eigenvalue weighted by atomic mass is 10.1. The summed E-state index contributed by atoms with van der Waals surface area (Å²) in [5.74, 6) is -0.438. The fraction of sp³-hybridized carbons (Fsp3) is 0.179. The number of carbonyl (C=O) groups excluding carboxylic acids is 3. The highest BCUT2D eigenvalue weighted by molar-refractivity contribution is 7.21. The van der Waals surface area contributed by atoms with E-state index in [4.69, 9.17) is 0 Å². The Labute approximate surface area is 222 Å². The number of pyridine rings is 2. The molecule has 4 amide bonds. The summed E-state index contributed by atoms with van der Waals surface area (Å²) in [6.45, 7) is 4.62. The van der Waals surface area contributed by atoms with E-state index in [1.54, 1.807) is 28.3 Å².